The first-order valence-corrected chi connectivity index (χ1v) is 11.9. The van der Waals surface area contributed by atoms with E-state index in [9.17, 15) is 4.79 Å². The van der Waals surface area contributed by atoms with Crippen LogP contribution >= 0.6 is 15.9 Å². The second-order valence-corrected chi connectivity index (χ2v) is 9.22. The van der Waals surface area contributed by atoms with Gasteiger partial charge in [0.25, 0.3) is 0 Å². The molecule has 3 heteroatoms. The summed E-state index contributed by atoms with van der Waals surface area (Å²) in [6.07, 6.45) is 23.3. The number of methoxy groups -OCH3 is 1. The van der Waals surface area contributed by atoms with Crippen molar-refractivity contribution in [3.05, 3.63) is 0 Å². The van der Waals surface area contributed by atoms with Gasteiger partial charge in [-0.25, -0.2) is 0 Å². The summed E-state index contributed by atoms with van der Waals surface area (Å²) >= 11 is 3.87. The molecule has 0 amide bonds. The van der Waals surface area contributed by atoms with E-state index in [1.165, 1.54) is 110 Å². The third kappa shape index (κ3) is 12.9. The largest absolute Gasteiger partial charge is 0.469 e. The van der Waals surface area contributed by atoms with E-state index >= 15 is 0 Å². The molecule has 0 aliphatic heterocycles. The Morgan fingerprint density at radius 3 is 1.32 bits per heavy atom. The maximum absolute atomic E-state index is 12.0. The Morgan fingerprint density at radius 2 is 0.960 bits per heavy atom. The van der Waals surface area contributed by atoms with E-state index in [0.29, 0.717) is 0 Å². The van der Waals surface area contributed by atoms with Crippen LogP contribution in [0.2, 0.25) is 0 Å². The Hall–Kier alpha value is -0.0500. The van der Waals surface area contributed by atoms with E-state index in [2.05, 4.69) is 15.9 Å². The lowest BCUT2D eigenvalue weighted by Crippen LogP contribution is -2.16. The van der Waals surface area contributed by atoms with Gasteiger partial charge in [-0.05, 0) is 25.7 Å². The molecular weight excluding hydrogens is 376 g/mol. The van der Waals surface area contributed by atoms with Gasteiger partial charge < -0.3 is 4.74 Å². The van der Waals surface area contributed by atoms with Crippen LogP contribution in [0.1, 0.15) is 116 Å². The predicted molar refractivity (Wildman–Crippen MR) is 111 cm³/mol. The van der Waals surface area contributed by atoms with Crippen molar-refractivity contribution in [3.63, 3.8) is 0 Å². The van der Waals surface area contributed by atoms with Gasteiger partial charge in [-0.3, -0.25) is 4.79 Å². The summed E-state index contributed by atoms with van der Waals surface area (Å²) in [5.74, 6) is 0.165. The maximum Gasteiger partial charge on any atom is 0.308 e. The van der Waals surface area contributed by atoms with E-state index in [4.69, 9.17) is 4.74 Å². The zero-order valence-electron chi connectivity index (χ0n) is 16.6. The van der Waals surface area contributed by atoms with E-state index in [1.54, 1.807) is 0 Å². The number of esters is 1. The summed E-state index contributed by atoms with van der Waals surface area (Å²) in [5, 5.41) is 0. The van der Waals surface area contributed by atoms with Crippen molar-refractivity contribution in [3.8, 4) is 0 Å². The molecule has 0 aromatic carbocycles. The average molecular weight is 417 g/mol. The van der Waals surface area contributed by atoms with E-state index < -0.39 is 0 Å². The molecule has 1 fully saturated rings. The Labute approximate surface area is 165 Å². The van der Waals surface area contributed by atoms with Crippen molar-refractivity contribution in [2.24, 2.45) is 5.92 Å². The van der Waals surface area contributed by atoms with Gasteiger partial charge in [0.1, 0.15) is 0 Å². The van der Waals surface area contributed by atoms with Gasteiger partial charge in [0.15, 0.2) is 0 Å². The van der Waals surface area contributed by atoms with Gasteiger partial charge in [-0.1, -0.05) is 106 Å². The Kier molecular flexibility index (Phi) is 14.8. The normalized spacial score (nSPS) is 27.3. The van der Waals surface area contributed by atoms with Crippen LogP contribution in [-0.2, 0) is 9.53 Å². The molecular formula is C22H41BrO2. The molecule has 0 radical (unpaired) electrons. The molecule has 0 aromatic heterocycles. The molecule has 1 aliphatic rings. The molecule has 1 saturated carbocycles. The van der Waals surface area contributed by atoms with E-state index in [-0.39, 0.29) is 11.9 Å². The van der Waals surface area contributed by atoms with Crippen LogP contribution in [0.5, 0.6) is 0 Å². The molecule has 25 heavy (non-hydrogen) atoms. The number of rotatable bonds is 1. The molecule has 148 valence electrons. The van der Waals surface area contributed by atoms with Gasteiger partial charge in [0, 0.05) is 4.83 Å². The highest BCUT2D eigenvalue weighted by atomic mass is 79.9. The quantitative estimate of drug-likeness (QED) is 0.325. The lowest BCUT2D eigenvalue weighted by atomic mass is 9.94. The number of hydrogen-bond acceptors (Lipinski definition) is 2. The zero-order valence-corrected chi connectivity index (χ0v) is 18.2. The van der Waals surface area contributed by atoms with Crippen molar-refractivity contribution in [2.75, 3.05) is 7.11 Å². The molecule has 1 aliphatic carbocycles. The number of ether oxygens (including phenoxy) is 1. The van der Waals surface area contributed by atoms with Gasteiger partial charge in [-0.2, -0.15) is 0 Å². The second-order valence-electron chi connectivity index (χ2n) is 7.92. The van der Waals surface area contributed by atoms with E-state index in [0.717, 1.165) is 17.7 Å². The first kappa shape index (κ1) is 23.0. The lowest BCUT2D eigenvalue weighted by molar-refractivity contribution is -0.146. The molecule has 2 nitrogen and oxygen atoms in total. The average Bonchev–Trinajstić information content (AvgIpc) is 2.62. The minimum absolute atomic E-state index is 0.0199. The second kappa shape index (κ2) is 16.1. The van der Waals surface area contributed by atoms with Crippen molar-refractivity contribution in [1.29, 1.82) is 0 Å². The summed E-state index contributed by atoms with van der Waals surface area (Å²) in [6.45, 7) is 0. The van der Waals surface area contributed by atoms with Crippen molar-refractivity contribution in [1.82, 2.24) is 0 Å². The molecule has 0 bridgehead atoms. The van der Waals surface area contributed by atoms with Crippen LogP contribution in [0.4, 0.5) is 0 Å². The van der Waals surface area contributed by atoms with Crippen LogP contribution in [0.25, 0.3) is 0 Å². The van der Waals surface area contributed by atoms with Crippen LogP contribution < -0.4 is 0 Å². The summed E-state index contributed by atoms with van der Waals surface area (Å²) in [4.78, 5) is 12.7. The molecule has 0 N–H and O–H groups in total. The molecule has 0 unspecified atom stereocenters. The topological polar surface area (TPSA) is 26.3 Å². The van der Waals surface area contributed by atoms with E-state index in [1.807, 2.05) is 0 Å². The standard InChI is InChI=1S/C22H41BrO2/c1-25-22(24)20-16-12-8-4-2-6-10-14-18-21(23)19-15-11-7-3-5-9-13-17-20/h20-21H,2-19H2,1H3. The number of halogens is 1. The fraction of sp³-hybridized carbons (Fsp3) is 0.955. The summed E-state index contributed by atoms with van der Waals surface area (Å²) < 4.78 is 5.02. The van der Waals surface area contributed by atoms with Gasteiger partial charge in [-0.15, -0.1) is 0 Å². The summed E-state index contributed by atoms with van der Waals surface area (Å²) in [6, 6.07) is 0. The Morgan fingerprint density at radius 1 is 0.640 bits per heavy atom. The maximum atomic E-state index is 12.0. The van der Waals surface area contributed by atoms with Crippen LogP contribution in [0.15, 0.2) is 0 Å². The SMILES string of the molecule is COC(=O)C1CCCCCCCCCC(Br)CCCCCCCCC1. The first-order valence-electron chi connectivity index (χ1n) is 11.0. The van der Waals surface area contributed by atoms with Crippen molar-refractivity contribution >= 4 is 21.9 Å². The third-order valence-electron chi connectivity index (χ3n) is 5.67. The lowest BCUT2D eigenvalue weighted by Gasteiger charge is -2.14. The minimum Gasteiger partial charge on any atom is -0.469 e. The molecule has 0 aromatic rings. The first-order chi connectivity index (χ1) is 12.2. The molecule has 0 heterocycles. The predicted octanol–water partition coefficient (Wildman–Crippen LogP) is 7.57. The highest BCUT2D eigenvalue weighted by Gasteiger charge is 2.18. The number of carbonyl (C=O) groups excluding carboxylic acids is 1. The summed E-state index contributed by atoms with van der Waals surface area (Å²) in [7, 11) is 1.54. The number of hydrogen-bond donors (Lipinski definition) is 0. The minimum atomic E-state index is 0.0199. The Balaban J connectivity index is 2.31. The zero-order chi connectivity index (χ0) is 18.2. The van der Waals surface area contributed by atoms with Gasteiger partial charge in [0.05, 0.1) is 13.0 Å². The molecule has 0 saturated heterocycles. The molecule has 1 rings (SSSR count). The fourth-order valence-electron chi connectivity index (χ4n) is 3.97. The van der Waals surface area contributed by atoms with Crippen molar-refractivity contribution in [2.45, 2.75) is 120 Å². The van der Waals surface area contributed by atoms with Crippen LogP contribution in [-0.4, -0.2) is 17.9 Å². The third-order valence-corrected chi connectivity index (χ3v) is 6.59. The molecule has 0 spiro atoms. The van der Waals surface area contributed by atoms with Crippen LogP contribution in [0, 0.1) is 5.92 Å². The van der Waals surface area contributed by atoms with Crippen molar-refractivity contribution < 1.29 is 9.53 Å². The van der Waals surface area contributed by atoms with Crippen LogP contribution in [0.3, 0.4) is 0 Å². The molecule has 0 atom stereocenters. The number of carbonyl (C=O) groups is 1. The number of alkyl halides is 1. The summed E-state index contributed by atoms with van der Waals surface area (Å²) in [5.41, 5.74) is 0. The highest BCUT2D eigenvalue weighted by molar-refractivity contribution is 9.09. The fourth-order valence-corrected chi connectivity index (χ4v) is 4.62. The smallest absolute Gasteiger partial charge is 0.308 e. The highest BCUT2D eigenvalue weighted by Crippen LogP contribution is 2.22. The van der Waals surface area contributed by atoms with Gasteiger partial charge in [0.2, 0.25) is 0 Å². The Bertz CT molecular complexity index is 297. The van der Waals surface area contributed by atoms with Gasteiger partial charge >= 0.3 is 5.97 Å². The monoisotopic (exact) mass is 416 g/mol.